The molecule has 0 radical (unpaired) electrons. The monoisotopic (exact) mass is 734 g/mol. The van der Waals surface area contributed by atoms with Crippen molar-refractivity contribution in [3.05, 3.63) is 90.0 Å². The second kappa shape index (κ2) is 15.9. The molecule has 0 saturated heterocycles. The average Bonchev–Trinajstić information content (AvgIpc) is 3.49. The zero-order valence-corrected chi connectivity index (χ0v) is 33.5. The molecule has 3 aromatic carbocycles. The first-order valence-corrected chi connectivity index (χ1v) is 18.7. The molecule has 0 bridgehead atoms. The number of hydrogen-bond acceptors (Lipinski definition) is 8. The van der Waals surface area contributed by atoms with Crippen LogP contribution in [0, 0.1) is 0 Å². The van der Waals surface area contributed by atoms with Crippen molar-refractivity contribution >= 4 is 28.8 Å². The van der Waals surface area contributed by atoms with E-state index in [1.54, 1.807) is 52.1 Å². The predicted octanol–water partition coefficient (Wildman–Crippen LogP) is 10.6. The molecule has 1 unspecified atom stereocenters. The van der Waals surface area contributed by atoms with Crippen LogP contribution in [-0.4, -0.2) is 45.6 Å². The molecular formula is C44H54N4O6. The third kappa shape index (κ3) is 8.86. The highest BCUT2D eigenvalue weighted by atomic mass is 16.7. The number of hydrogen-bond donors (Lipinski definition) is 1. The van der Waals surface area contributed by atoms with Crippen molar-refractivity contribution in [1.29, 1.82) is 0 Å². The number of ether oxygens (including phenoxy) is 4. The maximum atomic E-state index is 14.3. The number of aromatic nitrogens is 3. The van der Waals surface area contributed by atoms with Crippen LogP contribution in [0.25, 0.3) is 27.8 Å². The van der Waals surface area contributed by atoms with Gasteiger partial charge in [-0.3, -0.25) is 4.79 Å². The molecule has 2 aromatic heterocycles. The van der Waals surface area contributed by atoms with Crippen molar-refractivity contribution < 1.29 is 28.5 Å². The summed E-state index contributed by atoms with van der Waals surface area (Å²) in [5, 5.41) is 8.79. The van der Waals surface area contributed by atoms with Gasteiger partial charge in [-0.1, -0.05) is 84.9 Å². The molecule has 54 heavy (non-hydrogen) atoms. The van der Waals surface area contributed by atoms with Crippen molar-refractivity contribution in [2.45, 2.75) is 111 Å². The van der Waals surface area contributed by atoms with Gasteiger partial charge in [-0.05, 0) is 98.9 Å². The number of nitrogens with one attached hydrogen (secondary N) is 1. The van der Waals surface area contributed by atoms with E-state index in [4.69, 9.17) is 29.0 Å². The van der Waals surface area contributed by atoms with Crippen molar-refractivity contribution in [2.24, 2.45) is 0 Å². The minimum absolute atomic E-state index is 0.0163. The Hall–Kier alpha value is -5.38. The number of anilines is 1. The summed E-state index contributed by atoms with van der Waals surface area (Å²) in [6, 6.07) is 24.8. The predicted molar refractivity (Wildman–Crippen MR) is 214 cm³/mol. The van der Waals surface area contributed by atoms with Crippen LogP contribution < -0.4 is 19.5 Å². The Morgan fingerprint density at radius 3 is 2.15 bits per heavy atom. The van der Waals surface area contributed by atoms with Gasteiger partial charge in [-0.2, -0.15) is 4.68 Å². The SMILES string of the molecule is CCC(Oc1ccc(C(C)(C)CC)cc1C(C)(C)CC)C(=O)Nc1nn(-c2ccc(OC)cc2)c(OC(=O)OC(C)(C)C)c1-c1ccc2ccccc2n1. The summed E-state index contributed by atoms with van der Waals surface area (Å²) in [5.74, 6) is 1.02. The normalized spacial score (nSPS) is 12.6. The summed E-state index contributed by atoms with van der Waals surface area (Å²) in [5.41, 5.74) is 3.19. The molecule has 10 heteroatoms. The fraction of sp³-hybridized carbons (Fsp3) is 0.409. The van der Waals surface area contributed by atoms with Crippen molar-refractivity contribution in [3.8, 4) is 34.3 Å². The Morgan fingerprint density at radius 2 is 1.52 bits per heavy atom. The first-order chi connectivity index (χ1) is 25.5. The van der Waals surface area contributed by atoms with Gasteiger partial charge in [0.05, 0.1) is 24.0 Å². The lowest BCUT2D eigenvalue weighted by Crippen LogP contribution is -2.33. The van der Waals surface area contributed by atoms with Crippen LogP contribution in [0.15, 0.2) is 78.9 Å². The van der Waals surface area contributed by atoms with Gasteiger partial charge < -0.3 is 24.3 Å². The van der Waals surface area contributed by atoms with Crippen LogP contribution in [0.1, 0.15) is 99.6 Å². The second-order valence-corrected chi connectivity index (χ2v) is 15.8. The molecule has 10 nitrogen and oxygen atoms in total. The summed E-state index contributed by atoms with van der Waals surface area (Å²) in [4.78, 5) is 32.6. The Morgan fingerprint density at radius 1 is 0.833 bits per heavy atom. The first-order valence-electron chi connectivity index (χ1n) is 18.7. The van der Waals surface area contributed by atoms with Crippen molar-refractivity contribution in [1.82, 2.24) is 14.8 Å². The Bertz CT molecular complexity index is 2110. The molecule has 1 N–H and O–H groups in total. The molecule has 0 spiro atoms. The van der Waals surface area contributed by atoms with Crippen LogP contribution in [0.5, 0.6) is 17.4 Å². The molecule has 5 rings (SSSR count). The summed E-state index contributed by atoms with van der Waals surface area (Å²) in [6.45, 7) is 20.4. The lowest BCUT2D eigenvalue weighted by atomic mass is 9.76. The van der Waals surface area contributed by atoms with Crippen molar-refractivity contribution in [2.75, 3.05) is 12.4 Å². The molecule has 0 aliphatic rings. The Kier molecular flexibility index (Phi) is 11.7. The largest absolute Gasteiger partial charge is 0.515 e. The van der Waals surface area contributed by atoms with Gasteiger partial charge in [0.2, 0.25) is 5.88 Å². The van der Waals surface area contributed by atoms with E-state index in [9.17, 15) is 9.59 Å². The van der Waals surface area contributed by atoms with Crippen LogP contribution in [-0.2, 0) is 20.4 Å². The lowest BCUT2D eigenvalue weighted by Gasteiger charge is -2.31. The zero-order chi connectivity index (χ0) is 39.4. The highest BCUT2D eigenvalue weighted by molar-refractivity contribution is 5.98. The molecule has 0 aliphatic carbocycles. The van der Waals surface area contributed by atoms with E-state index in [1.807, 2.05) is 49.4 Å². The molecule has 5 aromatic rings. The number of fused-ring (bicyclic) bond motifs is 1. The minimum atomic E-state index is -0.937. The van der Waals surface area contributed by atoms with E-state index in [0.29, 0.717) is 40.4 Å². The molecule has 286 valence electrons. The topological polar surface area (TPSA) is 114 Å². The van der Waals surface area contributed by atoms with Gasteiger partial charge in [0.1, 0.15) is 22.7 Å². The summed E-state index contributed by atoms with van der Waals surface area (Å²) in [6.07, 6.45) is 0.432. The molecule has 0 fully saturated rings. The van der Waals surface area contributed by atoms with Gasteiger partial charge in [0.15, 0.2) is 11.9 Å². The van der Waals surface area contributed by atoms with Gasteiger partial charge >= 0.3 is 6.16 Å². The smallest absolute Gasteiger partial charge is 0.497 e. The quantitative estimate of drug-likeness (QED) is 0.119. The van der Waals surface area contributed by atoms with Crippen LogP contribution in [0.4, 0.5) is 10.6 Å². The maximum absolute atomic E-state index is 14.3. The van der Waals surface area contributed by atoms with Crippen molar-refractivity contribution in [3.63, 3.8) is 0 Å². The lowest BCUT2D eigenvalue weighted by molar-refractivity contribution is -0.122. The number of carbonyl (C=O) groups is 2. The molecule has 1 atom stereocenters. The van der Waals surface area contributed by atoms with Crippen LogP contribution >= 0.6 is 0 Å². The fourth-order valence-electron chi connectivity index (χ4n) is 5.92. The van der Waals surface area contributed by atoms with Crippen LogP contribution in [0.3, 0.4) is 0 Å². The van der Waals surface area contributed by atoms with E-state index < -0.39 is 23.8 Å². The summed E-state index contributed by atoms with van der Waals surface area (Å²) in [7, 11) is 1.58. The number of para-hydroxylation sites is 1. The zero-order valence-electron chi connectivity index (χ0n) is 33.5. The number of pyridine rings is 1. The van der Waals surface area contributed by atoms with Gasteiger partial charge in [0, 0.05) is 10.9 Å². The maximum Gasteiger partial charge on any atom is 0.515 e. The second-order valence-electron chi connectivity index (χ2n) is 15.8. The highest BCUT2D eigenvalue weighted by Crippen LogP contribution is 2.41. The van der Waals surface area contributed by atoms with Crippen LogP contribution in [0.2, 0.25) is 0 Å². The highest BCUT2D eigenvalue weighted by Gasteiger charge is 2.32. The minimum Gasteiger partial charge on any atom is -0.497 e. The first kappa shape index (κ1) is 39.8. The molecule has 0 saturated carbocycles. The summed E-state index contributed by atoms with van der Waals surface area (Å²) >= 11 is 0. The van der Waals surface area contributed by atoms with E-state index in [2.05, 4.69) is 59.0 Å². The standard InChI is InChI=1S/C44H54N4O6/c1-12-35(52-36-26-20-29(43(7,8)13-2)27-32(36)44(9,10)14-3)39(49)46-38-37(34-25-19-28-17-15-16-18-33(28)45-34)40(53-41(50)54-42(4,5)6)48(47-38)30-21-23-31(51-11)24-22-30/h15-27,35H,12-14H2,1-11H3,(H,46,47,49). The van der Waals surface area contributed by atoms with E-state index in [-0.39, 0.29) is 22.5 Å². The van der Waals surface area contributed by atoms with E-state index in [0.717, 1.165) is 23.8 Å². The number of benzene rings is 3. The van der Waals surface area contributed by atoms with E-state index >= 15 is 0 Å². The third-order valence-electron chi connectivity index (χ3n) is 10.0. The molecule has 2 heterocycles. The third-order valence-corrected chi connectivity index (χ3v) is 10.0. The fourth-order valence-corrected chi connectivity index (χ4v) is 5.92. The van der Waals surface area contributed by atoms with Gasteiger partial charge in [-0.25, -0.2) is 9.78 Å². The number of nitrogens with zero attached hydrogens (tertiary/aromatic N) is 3. The van der Waals surface area contributed by atoms with Gasteiger partial charge in [-0.15, -0.1) is 5.10 Å². The number of rotatable bonds is 13. The molecule has 1 amide bonds. The number of amides is 1. The summed E-state index contributed by atoms with van der Waals surface area (Å²) < 4.78 is 25.0. The Balaban J connectivity index is 1.63. The van der Waals surface area contributed by atoms with E-state index in [1.165, 1.54) is 10.2 Å². The average molecular weight is 735 g/mol. The molecule has 0 aliphatic heterocycles. The number of carbonyl (C=O) groups excluding carboxylic acids is 2. The van der Waals surface area contributed by atoms with Gasteiger partial charge in [0.25, 0.3) is 5.91 Å². The number of methoxy groups -OCH3 is 1. The Labute approximate surface area is 319 Å². The molecular weight excluding hydrogens is 681 g/mol.